The van der Waals surface area contributed by atoms with Gasteiger partial charge < -0.3 is 5.32 Å². The lowest BCUT2D eigenvalue weighted by molar-refractivity contribution is 0.260. The third kappa shape index (κ3) is 1.64. The summed E-state index contributed by atoms with van der Waals surface area (Å²) in [5.74, 6) is 2.96. The van der Waals surface area contributed by atoms with Crippen LogP contribution in [0.1, 0.15) is 37.3 Å². The molecule has 4 unspecified atom stereocenters. The van der Waals surface area contributed by atoms with Crippen LogP contribution in [-0.4, -0.2) is 7.05 Å². The van der Waals surface area contributed by atoms with Gasteiger partial charge in [-0.15, -0.1) is 0 Å². The van der Waals surface area contributed by atoms with Crippen LogP contribution < -0.4 is 5.32 Å². The zero-order valence-electron chi connectivity index (χ0n) is 9.28. The first-order valence-corrected chi connectivity index (χ1v) is 7.02. The minimum Gasteiger partial charge on any atom is -0.313 e. The van der Waals surface area contributed by atoms with Gasteiger partial charge in [-0.1, -0.05) is 6.42 Å². The summed E-state index contributed by atoms with van der Waals surface area (Å²) in [4.78, 5) is 0. The molecule has 1 nitrogen and oxygen atoms in total. The molecule has 0 spiro atoms. The van der Waals surface area contributed by atoms with Crippen LogP contribution in [0.3, 0.4) is 0 Å². The summed E-state index contributed by atoms with van der Waals surface area (Å²) in [6.45, 7) is 0. The van der Waals surface area contributed by atoms with Gasteiger partial charge in [0.15, 0.2) is 0 Å². The van der Waals surface area contributed by atoms with Crippen molar-refractivity contribution in [2.45, 2.75) is 31.7 Å². The zero-order valence-corrected chi connectivity index (χ0v) is 10.1. The van der Waals surface area contributed by atoms with Crippen molar-refractivity contribution in [1.82, 2.24) is 5.32 Å². The Kier molecular flexibility index (Phi) is 2.57. The summed E-state index contributed by atoms with van der Waals surface area (Å²) >= 11 is 1.82. The van der Waals surface area contributed by atoms with E-state index in [2.05, 4.69) is 29.2 Å². The van der Waals surface area contributed by atoms with Crippen LogP contribution in [0.15, 0.2) is 16.8 Å². The van der Waals surface area contributed by atoms with Crippen molar-refractivity contribution >= 4 is 11.3 Å². The lowest BCUT2D eigenvalue weighted by atomic mass is 9.81. The Morgan fingerprint density at radius 3 is 2.87 bits per heavy atom. The smallest absolute Gasteiger partial charge is 0.0357 e. The van der Waals surface area contributed by atoms with Gasteiger partial charge in [-0.3, -0.25) is 0 Å². The summed E-state index contributed by atoms with van der Waals surface area (Å²) in [7, 11) is 2.12. The van der Waals surface area contributed by atoms with Crippen molar-refractivity contribution in [3.8, 4) is 0 Å². The molecule has 2 bridgehead atoms. The molecular formula is C13H19NS. The van der Waals surface area contributed by atoms with Crippen molar-refractivity contribution in [2.75, 3.05) is 7.05 Å². The molecule has 2 fully saturated rings. The largest absolute Gasteiger partial charge is 0.313 e. The van der Waals surface area contributed by atoms with Crippen molar-refractivity contribution in [3.63, 3.8) is 0 Å². The second-order valence-corrected chi connectivity index (χ2v) is 5.94. The highest BCUT2D eigenvalue weighted by atomic mass is 32.1. The molecule has 2 aliphatic carbocycles. The third-order valence-corrected chi connectivity index (χ3v) is 5.14. The molecule has 3 rings (SSSR count). The van der Waals surface area contributed by atoms with Crippen molar-refractivity contribution in [3.05, 3.63) is 22.4 Å². The Bertz CT molecular complexity index is 319. The van der Waals surface area contributed by atoms with Gasteiger partial charge >= 0.3 is 0 Å². The standard InChI is InChI=1S/C13H19NS/c1-14-13(11-4-5-15-8-11)12-7-9-2-3-10(12)6-9/h4-5,8-10,12-14H,2-3,6-7H2,1H3. The van der Waals surface area contributed by atoms with E-state index in [0.717, 1.165) is 17.8 Å². The maximum Gasteiger partial charge on any atom is 0.0357 e. The predicted molar refractivity (Wildman–Crippen MR) is 65.1 cm³/mol. The molecule has 0 aromatic carbocycles. The van der Waals surface area contributed by atoms with Gasteiger partial charge in [-0.2, -0.15) is 11.3 Å². The lowest BCUT2D eigenvalue weighted by Crippen LogP contribution is -2.28. The number of hydrogen-bond acceptors (Lipinski definition) is 2. The van der Waals surface area contributed by atoms with Crippen molar-refractivity contribution in [2.24, 2.45) is 17.8 Å². The van der Waals surface area contributed by atoms with Crippen LogP contribution in [-0.2, 0) is 0 Å². The van der Waals surface area contributed by atoms with Crippen LogP contribution in [0.25, 0.3) is 0 Å². The first-order chi connectivity index (χ1) is 7.38. The molecule has 1 aromatic rings. The van der Waals surface area contributed by atoms with E-state index in [9.17, 15) is 0 Å². The van der Waals surface area contributed by atoms with Crippen molar-refractivity contribution in [1.29, 1.82) is 0 Å². The molecule has 0 saturated heterocycles. The Morgan fingerprint density at radius 2 is 2.33 bits per heavy atom. The Morgan fingerprint density at radius 1 is 1.40 bits per heavy atom. The highest BCUT2D eigenvalue weighted by Crippen LogP contribution is 2.52. The topological polar surface area (TPSA) is 12.0 Å². The van der Waals surface area contributed by atoms with E-state index in [1.165, 1.54) is 31.2 Å². The first-order valence-electron chi connectivity index (χ1n) is 6.08. The Hall–Kier alpha value is -0.340. The maximum atomic E-state index is 3.54. The molecule has 2 heteroatoms. The van der Waals surface area contributed by atoms with E-state index < -0.39 is 0 Å². The fourth-order valence-corrected chi connectivity index (χ4v) is 4.48. The van der Waals surface area contributed by atoms with Crippen LogP contribution in [0.2, 0.25) is 0 Å². The van der Waals surface area contributed by atoms with E-state index in [1.807, 2.05) is 11.3 Å². The second-order valence-electron chi connectivity index (χ2n) is 5.16. The highest BCUT2D eigenvalue weighted by molar-refractivity contribution is 7.07. The SMILES string of the molecule is CNC(c1ccsc1)C1CC2CCC1C2. The zero-order chi connectivity index (χ0) is 10.3. The summed E-state index contributed by atoms with van der Waals surface area (Å²) in [6, 6.07) is 2.91. The Labute approximate surface area is 95.9 Å². The number of fused-ring (bicyclic) bond motifs is 2. The van der Waals surface area contributed by atoms with Crippen LogP contribution in [0.4, 0.5) is 0 Å². The summed E-state index contributed by atoms with van der Waals surface area (Å²) in [6.07, 6.45) is 5.96. The quantitative estimate of drug-likeness (QED) is 0.824. The average molecular weight is 221 g/mol. The number of hydrogen-bond donors (Lipinski definition) is 1. The van der Waals surface area contributed by atoms with Gasteiger partial charge in [-0.05, 0) is 66.5 Å². The number of nitrogens with one attached hydrogen (secondary N) is 1. The molecule has 1 heterocycles. The number of rotatable bonds is 3. The summed E-state index contributed by atoms with van der Waals surface area (Å²) < 4.78 is 0. The maximum absolute atomic E-state index is 3.54. The number of thiophene rings is 1. The summed E-state index contributed by atoms with van der Waals surface area (Å²) in [5, 5.41) is 8.05. The van der Waals surface area contributed by atoms with Gasteiger partial charge in [0, 0.05) is 6.04 Å². The van der Waals surface area contributed by atoms with E-state index in [0.29, 0.717) is 6.04 Å². The molecule has 1 N–H and O–H groups in total. The summed E-state index contributed by atoms with van der Waals surface area (Å²) in [5.41, 5.74) is 1.51. The highest BCUT2D eigenvalue weighted by Gasteiger charge is 2.43. The normalized spacial score (nSPS) is 35.9. The lowest BCUT2D eigenvalue weighted by Gasteiger charge is -2.30. The van der Waals surface area contributed by atoms with Gasteiger partial charge in [-0.25, -0.2) is 0 Å². The van der Waals surface area contributed by atoms with Gasteiger partial charge in [0.2, 0.25) is 0 Å². The molecule has 82 valence electrons. The van der Waals surface area contributed by atoms with Gasteiger partial charge in [0.05, 0.1) is 0 Å². The fourth-order valence-electron chi connectivity index (χ4n) is 3.78. The molecule has 1 aromatic heterocycles. The van der Waals surface area contributed by atoms with Crippen molar-refractivity contribution < 1.29 is 0 Å². The van der Waals surface area contributed by atoms with Gasteiger partial charge in [0.25, 0.3) is 0 Å². The molecule has 15 heavy (non-hydrogen) atoms. The third-order valence-electron chi connectivity index (χ3n) is 4.43. The van der Waals surface area contributed by atoms with Crippen LogP contribution in [0.5, 0.6) is 0 Å². The second kappa shape index (κ2) is 3.91. The van der Waals surface area contributed by atoms with E-state index in [-0.39, 0.29) is 0 Å². The predicted octanol–water partition coefficient (Wildman–Crippen LogP) is 3.44. The minimum absolute atomic E-state index is 0.617. The molecule has 0 amide bonds. The van der Waals surface area contributed by atoms with Gasteiger partial charge in [0.1, 0.15) is 0 Å². The molecular weight excluding hydrogens is 202 g/mol. The molecule has 2 saturated carbocycles. The monoisotopic (exact) mass is 221 g/mol. The molecule has 0 aliphatic heterocycles. The molecule has 2 aliphatic rings. The minimum atomic E-state index is 0.617. The molecule has 4 atom stereocenters. The van der Waals surface area contributed by atoms with Crippen LogP contribution in [0, 0.1) is 17.8 Å². The first kappa shape index (κ1) is 9.86. The van der Waals surface area contributed by atoms with E-state index in [4.69, 9.17) is 0 Å². The van der Waals surface area contributed by atoms with E-state index >= 15 is 0 Å². The van der Waals surface area contributed by atoms with Crippen LogP contribution >= 0.6 is 11.3 Å². The average Bonchev–Trinajstić information content (AvgIpc) is 2.94. The van der Waals surface area contributed by atoms with E-state index in [1.54, 1.807) is 0 Å². The molecule has 0 radical (unpaired) electrons. The Balaban J connectivity index is 1.80. The fraction of sp³-hybridized carbons (Fsp3) is 0.692.